The van der Waals surface area contributed by atoms with Crippen LogP contribution in [0.2, 0.25) is 0 Å². The lowest BCUT2D eigenvalue weighted by atomic mass is 9.95. The number of ether oxygens (including phenoxy) is 1. The van der Waals surface area contributed by atoms with Gasteiger partial charge in [0.05, 0.1) is 41.0 Å². The molecule has 6 heterocycles. The minimum atomic E-state index is -2.65. The number of thiophene rings is 1. The van der Waals surface area contributed by atoms with Gasteiger partial charge in [-0.25, -0.2) is 13.2 Å². The summed E-state index contributed by atoms with van der Waals surface area (Å²) in [5, 5.41) is 10.7. The molecule has 3 atom stereocenters. The van der Waals surface area contributed by atoms with Crippen LogP contribution in [0.4, 0.5) is 14.6 Å². The minimum Gasteiger partial charge on any atom is -0.467 e. The fourth-order valence-electron chi connectivity index (χ4n) is 5.95. The van der Waals surface area contributed by atoms with E-state index in [9.17, 15) is 8.78 Å². The predicted octanol–water partition coefficient (Wildman–Crippen LogP) is 6.24. The largest absolute Gasteiger partial charge is 0.467 e. The summed E-state index contributed by atoms with van der Waals surface area (Å²) < 4.78 is 37.3. The van der Waals surface area contributed by atoms with E-state index in [4.69, 9.17) is 14.7 Å². The van der Waals surface area contributed by atoms with Crippen molar-refractivity contribution in [1.82, 2.24) is 29.8 Å². The fraction of sp³-hybridized carbons (Fsp3) is 0.360. The van der Waals surface area contributed by atoms with Gasteiger partial charge in [-0.15, -0.1) is 11.3 Å². The molecule has 1 aromatic carbocycles. The van der Waals surface area contributed by atoms with Crippen LogP contribution in [0.3, 0.4) is 0 Å². The molecule has 0 saturated carbocycles. The van der Waals surface area contributed by atoms with Crippen molar-refractivity contribution in [2.75, 3.05) is 25.1 Å². The third-order valence-electron chi connectivity index (χ3n) is 7.57. The van der Waals surface area contributed by atoms with Crippen molar-refractivity contribution in [3.05, 3.63) is 35.7 Å². The lowest BCUT2D eigenvalue weighted by Crippen LogP contribution is -2.51. The Morgan fingerprint density at radius 1 is 1.21 bits per heavy atom. The number of halogens is 3. The Kier molecular flexibility index (Phi) is 6.14. The summed E-state index contributed by atoms with van der Waals surface area (Å²) in [6.45, 7) is 3.44. The predicted molar refractivity (Wildman–Crippen MR) is 158 cm³/mol. The average molecular weight is 665 g/mol. The Hall–Kier alpha value is -2.28. The number of pyridine rings is 1. The van der Waals surface area contributed by atoms with Gasteiger partial charge in [0.1, 0.15) is 10.6 Å². The molecule has 2 bridgehead atoms. The molecule has 5 aromatic rings. The first-order chi connectivity index (χ1) is 18.5. The smallest absolute Gasteiger partial charge is 0.319 e. The number of aryl methyl sites for hydroxylation is 1. The van der Waals surface area contributed by atoms with Gasteiger partial charge in [0.2, 0.25) is 0 Å². The number of hydrogen-bond donors (Lipinski definition) is 1. The van der Waals surface area contributed by atoms with Gasteiger partial charge in [0.15, 0.2) is 0 Å². The molecule has 1 N–H and O–H groups in total. The maximum atomic E-state index is 14.6. The van der Waals surface area contributed by atoms with Crippen LogP contribution in [0.15, 0.2) is 24.5 Å². The molecule has 196 valence electrons. The molecule has 2 saturated heterocycles. The van der Waals surface area contributed by atoms with Crippen LogP contribution in [0, 0.1) is 6.92 Å². The van der Waals surface area contributed by atoms with E-state index >= 15 is 0 Å². The van der Waals surface area contributed by atoms with Gasteiger partial charge in [0.25, 0.3) is 6.43 Å². The summed E-state index contributed by atoms with van der Waals surface area (Å²) in [6, 6.07) is 4.90. The number of nitrogens with one attached hydrogen (secondary N) is 1. The van der Waals surface area contributed by atoms with E-state index in [-0.39, 0.29) is 5.56 Å². The molecule has 2 aliphatic heterocycles. The fourth-order valence-corrected chi connectivity index (χ4v) is 8.63. The Morgan fingerprint density at radius 2 is 2.00 bits per heavy atom. The number of piperazine rings is 1. The molecule has 0 spiro atoms. The summed E-state index contributed by atoms with van der Waals surface area (Å²) in [6.07, 6.45) is 3.38. The maximum absolute atomic E-state index is 14.6. The first kappa shape index (κ1) is 24.7. The molecule has 0 radical (unpaired) electrons. The number of rotatable bonds is 5. The second-order valence-corrected chi connectivity index (χ2v) is 12.8. The van der Waals surface area contributed by atoms with Crippen molar-refractivity contribution in [1.29, 1.82) is 0 Å². The second kappa shape index (κ2) is 9.42. The highest BCUT2D eigenvalue weighted by atomic mass is 127. The van der Waals surface area contributed by atoms with Crippen molar-refractivity contribution < 1.29 is 13.5 Å². The summed E-state index contributed by atoms with van der Waals surface area (Å²) in [5.74, 6) is 0.830. The molecular weight excluding hydrogens is 642 g/mol. The first-order valence-corrected chi connectivity index (χ1v) is 17.1. The third-order valence-corrected chi connectivity index (χ3v) is 10.6. The monoisotopic (exact) mass is 665 g/mol. The van der Waals surface area contributed by atoms with E-state index in [1.807, 2.05) is 10.5 Å². The van der Waals surface area contributed by atoms with Gasteiger partial charge in [-0.3, -0.25) is 4.98 Å². The second-order valence-electron chi connectivity index (χ2n) is 9.75. The summed E-state index contributed by atoms with van der Waals surface area (Å²) in [4.78, 5) is 17.3. The number of fused-ring (bicyclic) bond motifs is 6. The molecule has 4 aromatic heterocycles. The lowest BCUT2D eigenvalue weighted by Gasteiger charge is -2.34. The normalized spacial score (nSPS) is 19.8. The van der Waals surface area contributed by atoms with Crippen LogP contribution in [0.1, 0.15) is 30.4 Å². The Balaban J connectivity index is 1.53. The summed E-state index contributed by atoms with van der Waals surface area (Å²) in [7, 11) is 1.57. The summed E-state index contributed by atoms with van der Waals surface area (Å²) >= 11 is 3.70. The van der Waals surface area contributed by atoms with Gasteiger partial charge < -0.3 is 15.0 Å². The molecule has 38 heavy (non-hydrogen) atoms. The molecular formula is C25H23F2IN7OPS. The van der Waals surface area contributed by atoms with E-state index < -0.39 is 6.43 Å². The molecule has 13 heteroatoms. The van der Waals surface area contributed by atoms with Crippen LogP contribution >= 0.6 is 39.8 Å². The topological polar surface area (TPSA) is 81.0 Å². The molecule has 7 rings (SSSR count). The third kappa shape index (κ3) is 3.78. The van der Waals surface area contributed by atoms with E-state index in [0.29, 0.717) is 46.7 Å². The van der Waals surface area contributed by atoms with Crippen molar-refractivity contribution in [3.63, 3.8) is 0 Å². The van der Waals surface area contributed by atoms with Crippen LogP contribution < -0.4 is 15.0 Å². The van der Waals surface area contributed by atoms with E-state index in [0.717, 1.165) is 57.6 Å². The average Bonchev–Trinajstić information content (AvgIpc) is 3.60. The van der Waals surface area contributed by atoms with E-state index in [1.54, 1.807) is 32.5 Å². The zero-order valence-corrected chi connectivity index (χ0v) is 24.5. The van der Waals surface area contributed by atoms with Crippen LogP contribution in [0.5, 0.6) is 6.01 Å². The Labute approximate surface area is 235 Å². The highest BCUT2D eigenvalue weighted by Crippen LogP contribution is 2.47. The van der Waals surface area contributed by atoms with Gasteiger partial charge in [-0.2, -0.15) is 15.1 Å². The van der Waals surface area contributed by atoms with Gasteiger partial charge in [-0.05, 0) is 59.5 Å². The zero-order chi connectivity index (χ0) is 26.1. The zero-order valence-electron chi connectivity index (χ0n) is 20.5. The number of aromatic nitrogens is 5. The molecule has 2 fully saturated rings. The lowest BCUT2D eigenvalue weighted by molar-refractivity contribution is 0.151. The quantitative estimate of drug-likeness (QED) is 0.176. The van der Waals surface area contributed by atoms with Crippen molar-refractivity contribution in [2.45, 2.75) is 38.3 Å². The number of anilines is 1. The first-order valence-electron chi connectivity index (χ1n) is 12.3. The number of benzene rings is 1. The van der Waals surface area contributed by atoms with Crippen molar-refractivity contribution >= 4 is 76.8 Å². The summed E-state index contributed by atoms with van der Waals surface area (Å²) in [5.41, 5.74) is 2.31. The minimum absolute atomic E-state index is 0.00568. The van der Waals surface area contributed by atoms with E-state index in [2.05, 4.69) is 42.3 Å². The Bertz CT molecular complexity index is 1720. The number of nitrogens with zero attached hydrogens (tertiary/aromatic N) is 6. The molecule has 0 aliphatic carbocycles. The van der Waals surface area contributed by atoms with Gasteiger partial charge in [0, 0.05) is 53.3 Å². The van der Waals surface area contributed by atoms with Crippen molar-refractivity contribution in [2.24, 2.45) is 0 Å². The highest BCUT2D eigenvalue weighted by molar-refractivity contribution is 14.2. The SMILES string of the molecule is COc1nc(N2CC3CCC(C2)N3)c2c(n1)sc1c(-c3c(C(F)F)c(C)cc4c3cnn4PI)nccc12. The molecule has 8 nitrogen and oxygen atoms in total. The van der Waals surface area contributed by atoms with Gasteiger partial charge >= 0.3 is 6.01 Å². The molecule has 2 aliphatic rings. The van der Waals surface area contributed by atoms with Gasteiger partial charge in [-0.1, -0.05) is 0 Å². The number of alkyl halides is 2. The van der Waals surface area contributed by atoms with Crippen LogP contribution in [-0.4, -0.2) is 56.8 Å². The molecule has 3 unspecified atom stereocenters. The highest BCUT2D eigenvalue weighted by Gasteiger charge is 2.34. The standard InChI is InChI=1S/C25H23F2IN7OPS/c1-11-7-16-15(8-30-35(16)37-28)18(17(11)22(26)27)20-21-14(5-6-29-20)19-23(32-25(36-2)33-24(19)38-21)34-9-12-3-4-13(10-34)31-12/h5-8,12-13,22,31,37H,3-4,9-10H2,1-2H3. The number of hydrogen-bond acceptors (Lipinski definition) is 8. The Morgan fingerprint density at radius 3 is 2.71 bits per heavy atom. The molecule has 0 amide bonds. The van der Waals surface area contributed by atoms with Crippen LogP contribution in [0.25, 0.3) is 42.5 Å². The van der Waals surface area contributed by atoms with Crippen molar-refractivity contribution in [3.8, 4) is 17.3 Å². The number of methoxy groups -OCH3 is 1. The van der Waals surface area contributed by atoms with E-state index in [1.165, 1.54) is 11.3 Å². The van der Waals surface area contributed by atoms with Crippen LogP contribution in [-0.2, 0) is 0 Å². The maximum Gasteiger partial charge on any atom is 0.319 e.